The third kappa shape index (κ3) is 3.61. The van der Waals surface area contributed by atoms with Crippen molar-refractivity contribution < 1.29 is 21.6 Å². The van der Waals surface area contributed by atoms with Gasteiger partial charge in [0.25, 0.3) is 0 Å². The molecule has 2 aromatic rings. The van der Waals surface area contributed by atoms with E-state index < -0.39 is 21.8 Å². The van der Waals surface area contributed by atoms with Crippen molar-refractivity contribution in [2.75, 3.05) is 18.4 Å². The van der Waals surface area contributed by atoms with E-state index in [-0.39, 0.29) is 24.0 Å². The number of anilines is 1. The summed E-state index contributed by atoms with van der Waals surface area (Å²) in [4.78, 5) is -0.343. The fourth-order valence-electron chi connectivity index (χ4n) is 3.68. The molecule has 2 heterocycles. The Bertz CT molecular complexity index is 986. The van der Waals surface area contributed by atoms with Crippen molar-refractivity contribution in [3.63, 3.8) is 0 Å². The van der Waals surface area contributed by atoms with Crippen LogP contribution in [0.2, 0.25) is 0 Å². The molecule has 0 unspecified atom stereocenters. The number of hydrogen-bond acceptors (Lipinski definition) is 4. The fraction of sp³-hybridized carbons (Fsp3) is 0.368. The van der Waals surface area contributed by atoms with Gasteiger partial charge in [0.1, 0.15) is 0 Å². The van der Waals surface area contributed by atoms with Gasteiger partial charge in [0.15, 0.2) is 0 Å². The first-order valence-corrected chi connectivity index (χ1v) is 10.4. The summed E-state index contributed by atoms with van der Waals surface area (Å²) in [6, 6.07) is 9.81. The zero-order valence-electron chi connectivity index (χ0n) is 15.0. The Balaban J connectivity index is 1.60. The van der Waals surface area contributed by atoms with Gasteiger partial charge in [0, 0.05) is 31.4 Å². The molecule has 1 saturated heterocycles. The average Bonchev–Trinajstić information content (AvgIpc) is 3.31. The molecule has 0 radical (unpaired) electrons. The quantitative estimate of drug-likeness (QED) is 0.811. The molecule has 0 saturated carbocycles. The lowest BCUT2D eigenvalue weighted by molar-refractivity contribution is -0.137. The standard InChI is InChI=1S/C19H20F3N3O2S/c20-19(21,22)14-4-2-5-16(9-14)28(26,27)25-11-13-3-1-6-18(17(13)12-25)24-15-7-8-23-10-15/h1-6,9,15,23-24H,7-8,10-12H2/t15-/m0/s1. The normalized spacial score (nSPS) is 20.3. The van der Waals surface area contributed by atoms with Crippen molar-refractivity contribution in [1.29, 1.82) is 0 Å². The lowest BCUT2D eigenvalue weighted by Crippen LogP contribution is -2.26. The first-order chi connectivity index (χ1) is 13.2. The van der Waals surface area contributed by atoms with Gasteiger partial charge in [-0.3, -0.25) is 0 Å². The van der Waals surface area contributed by atoms with E-state index in [9.17, 15) is 21.6 Å². The van der Waals surface area contributed by atoms with Gasteiger partial charge < -0.3 is 10.6 Å². The van der Waals surface area contributed by atoms with E-state index in [0.29, 0.717) is 6.07 Å². The van der Waals surface area contributed by atoms with Crippen LogP contribution >= 0.6 is 0 Å². The number of halogens is 3. The monoisotopic (exact) mass is 411 g/mol. The first kappa shape index (κ1) is 19.2. The Morgan fingerprint density at radius 3 is 2.61 bits per heavy atom. The number of sulfonamides is 1. The summed E-state index contributed by atoms with van der Waals surface area (Å²) >= 11 is 0. The molecule has 0 spiro atoms. The largest absolute Gasteiger partial charge is 0.416 e. The molecule has 0 amide bonds. The second kappa shape index (κ2) is 7.06. The predicted octanol–water partition coefficient (Wildman–Crippen LogP) is 3.18. The van der Waals surface area contributed by atoms with Gasteiger partial charge in [0.2, 0.25) is 10.0 Å². The molecular weight excluding hydrogens is 391 g/mol. The molecule has 5 nitrogen and oxygen atoms in total. The van der Waals surface area contributed by atoms with Gasteiger partial charge in [-0.1, -0.05) is 18.2 Å². The van der Waals surface area contributed by atoms with Crippen LogP contribution in [0.15, 0.2) is 47.4 Å². The smallest absolute Gasteiger partial charge is 0.381 e. The molecule has 2 aliphatic heterocycles. The van der Waals surface area contributed by atoms with E-state index in [1.165, 1.54) is 10.4 Å². The van der Waals surface area contributed by atoms with Gasteiger partial charge >= 0.3 is 6.18 Å². The Kier molecular flexibility index (Phi) is 4.84. The van der Waals surface area contributed by atoms with Crippen molar-refractivity contribution >= 4 is 15.7 Å². The Labute approximate surface area is 161 Å². The summed E-state index contributed by atoms with van der Waals surface area (Å²) in [6.07, 6.45) is -3.61. The van der Waals surface area contributed by atoms with Crippen molar-refractivity contribution in [2.45, 2.75) is 36.6 Å². The van der Waals surface area contributed by atoms with Gasteiger partial charge in [-0.25, -0.2) is 8.42 Å². The first-order valence-electron chi connectivity index (χ1n) is 9.00. The van der Waals surface area contributed by atoms with E-state index >= 15 is 0 Å². The number of benzene rings is 2. The molecule has 9 heteroatoms. The van der Waals surface area contributed by atoms with Crippen LogP contribution in [-0.2, 0) is 29.3 Å². The molecule has 0 aromatic heterocycles. The number of nitrogens with one attached hydrogen (secondary N) is 2. The number of rotatable bonds is 4. The zero-order valence-corrected chi connectivity index (χ0v) is 15.8. The predicted molar refractivity (Wildman–Crippen MR) is 99.2 cm³/mol. The van der Waals surface area contributed by atoms with Crippen LogP contribution < -0.4 is 10.6 Å². The summed E-state index contributed by atoms with van der Waals surface area (Å²) in [5.41, 5.74) is 1.66. The van der Waals surface area contributed by atoms with Crippen molar-refractivity contribution in [3.05, 3.63) is 59.2 Å². The molecule has 4 rings (SSSR count). The minimum absolute atomic E-state index is 0.136. The fourth-order valence-corrected chi connectivity index (χ4v) is 5.11. The SMILES string of the molecule is O=S(=O)(c1cccc(C(F)(F)F)c1)N1Cc2cccc(N[C@H]3CCNC3)c2C1. The molecule has 0 bridgehead atoms. The second-order valence-corrected chi connectivity index (χ2v) is 9.01. The minimum atomic E-state index is -4.59. The highest BCUT2D eigenvalue weighted by molar-refractivity contribution is 7.89. The number of hydrogen-bond donors (Lipinski definition) is 2. The summed E-state index contributed by atoms with van der Waals surface area (Å²) in [6.45, 7) is 2.06. The average molecular weight is 411 g/mol. The van der Waals surface area contributed by atoms with Crippen LogP contribution in [-0.4, -0.2) is 31.9 Å². The van der Waals surface area contributed by atoms with Gasteiger partial charge in [-0.15, -0.1) is 0 Å². The molecule has 0 aliphatic carbocycles. The van der Waals surface area contributed by atoms with Gasteiger partial charge in [0.05, 0.1) is 10.5 Å². The van der Waals surface area contributed by atoms with Crippen molar-refractivity contribution in [1.82, 2.24) is 9.62 Å². The van der Waals surface area contributed by atoms with Crippen LogP contribution in [0.25, 0.3) is 0 Å². The van der Waals surface area contributed by atoms with Crippen LogP contribution in [0.1, 0.15) is 23.1 Å². The lowest BCUT2D eigenvalue weighted by Gasteiger charge is -2.18. The maximum atomic E-state index is 13.0. The molecule has 2 aliphatic rings. The van der Waals surface area contributed by atoms with Crippen molar-refractivity contribution in [3.8, 4) is 0 Å². The molecule has 150 valence electrons. The summed E-state index contributed by atoms with van der Waals surface area (Å²) in [7, 11) is -4.04. The zero-order chi connectivity index (χ0) is 19.9. The maximum Gasteiger partial charge on any atom is 0.416 e. The molecule has 1 atom stereocenters. The van der Waals surface area contributed by atoms with Crippen LogP contribution in [0.4, 0.5) is 18.9 Å². The Hall–Kier alpha value is -2.10. The van der Waals surface area contributed by atoms with E-state index in [1.54, 1.807) is 0 Å². The summed E-state index contributed by atoms with van der Waals surface area (Å²) in [5.74, 6) is 0. The van der Waals surface area contributed by atoms with Crippen molar-refractivity contribution in [2.24, 2.45) is 0 Å². The summed E-state index contributed by atoms with van der Waals surface area (Å²) < 4.78 is 66.1. The number of nitrogens with zero attached hydrogens (tertiary/aromatic N) is 1. The minimum Gasteiger partial charge on any atom is -0.381 e. The molecule has 1 fully saturated rings. The van der Waals surface area contributed by atoms with E-state index in [4.69, 9.17) is 0 Å². The van der Waals surface area contributed by atoms with E-state index in [1.807, 2.05) is 18.2 Å². The highest BCUT2D eigenvalue weighted by atomic mass is 32.2. The van der Waals surface area contributed by atoms with E-state index in [2.05, 4.69) is 10.6 Å². The van der Waals surface area contributed by atoms with Crippen LogP contribution in [0.3, 0.4) is 0 Å². The summed E-state index contributed by atoms with van der Waals surface area (Å²) in [5, 5.41) is 6.72. The van der Waals surface area contributed by atoms with Crippen LogP contribution in [0, 0.1) is 0 Å². The van der Waals surface area contributed by atoms with Crippen LogP contribution in [0.5, 0.6) is 0 Å². The third-order valence-corrected chi connectivity index (χ3v) is 6.96. The number of fused-ring (bicyclic) bond motifs is 1. The lowest BCUT2D eigenvalue weighted by atomic mass is 10.1. The molecule has 28 heavy (non-hydrogen) atoms. The third-order valence-electron chi connectivity index (χ3n) is 5.17. The topological polar surface area (TPSA) is 61.4 Å². The molecular formula is C19H20F3N3O2S. The van der Waals surface area contributed by atoms with E-state index in [0.717, 1.165) is 48.5 Å². The second-order valence-electron chi connectivity index (χ2n) is 7.08. The highest BCUT2D eigenvalue weighted by Crippen LogP contribution is 2.35. The molecule has 2 N–H and O–H groups in total. The van der Waals surface area contributed by atoms with Gasteiger partial charge in [-0.2, -0.15) is 17.5 Å². The van der Waals surface area contributed by atoms with Gasteiger partial charge in [-0.05, 0) is 48.4 Å². The Morgan fingerprint density at radius 1 is 1.11 bits per heavy atom. The molecule has 2 aromatic carbocycles. The Morgan fingerprint density at radius 2 is 1.89 bits per heavy atom. The highest BCUT2D eigenvalue weighted by Gasteiger charge is 2.35. The number of alkyl halides is 3. The maximum absolute atomic E-state index is 13.0.